The summed E-state index contributed by atoms with van der Waals surface area (Å²) in [5.74, 6) is -0.0874. The van der Waals surface area contributed by atoms with Crippen LogP contribution < -0.4 is 4.74 Å². The summed E-state index contributed by atoms with van der Waals surface area (Å²) in [6.07, 6.45) is 3.91. The third-order valence-electron chi connectivity index (χ3n) is 4.19. The molecular formula is C22H21FN2O3S. The Morgan fingerprint density at radius 2 is 2.03 bits per heavy atom. The van der Waals surface area contributed by atoms with Gasteiger partial charge in [0.15, 0.2) is 16.7 Å². The van der Waals surface area contributed by atoms with Gasteiger partial charge in [-0.05, 0) is 73.1 Å². The molecule has 1 amide bonds. The third-order valence-corrected chi connectivity index (χ3v) is 5.25. The average molecular weight is 412 g/mol. The summed E-state index contributed by atoms with van der Waals surface area (Å²) < 4.78 is 18.6. The minimum Gasteiger partial charge on any atom is -0.504 e. The van der Waals surface area contributed by atoms with Gasteiger partial charge < -0.3 is 9.84 Å². The van der Waals surface area contributed by atoms with Gasteiger partial charge in [-0.2, -0.15) is 0 Å². The summed E-state index contributed by atoms with van der Waals surface area (Å²) in [6.45, 7) is 5.95. The molecule has 1 aliphatic heterocycles. The van der Waals surface area contributed by atoms with E-state index in [2.05, 4.69) is 11.6 Å². The molecule has 0 bridgehead atoms. The lowest BCUT2D eigenvalue weighted by Gasteiger charge is -2.11. The van der Waals surface area contributed by atoms with Crippen molar-refractivity contribution in [3.8, 4) is 11.5 Å². The highest BCUT2D eigenvalue weighted by molar-refractivity contribution is 8.18. The second-order valence-corrected chi connectivity index (χ2v) is 7.31. The molecule has 0 atom stereocenters. The molecular weight excluding hydrogens is 391 g/mol. The molecule has 1 aliphatic rings. The molecule has 3 rings (SSSR count). The second-order valence-electron chi connectivity index (χ2n) is 6.30. The summed E-state index contributed by atoms with van der Waals surface area (Å²) in [5, 5.41) is 10.8. The number of hydrogen-bond donors (Lipinski definition) is 1. The third kappa shape index (κ3) is 4.68. The predicted molar refractivity (Wildman–Crippen MR) is 115 cm³/mol. The molecule has 7 heteroatoms. The van der Waals surface area contributed by atoms with Crippen LogP contribution in [0.1, 0.15) is 18.1 Å². The van der Waals surface area contributed by atoms with Gasteiger partial charge in [-0.1, -0.05) is 6.08 Å². The van der Waals surface area contributed by atoms with E-state index in [0.29, 0.717) is 40.1 Å². The van der Waals surface area contributed by atoms with Crippen molar-refractivity contribution >= 4 is 34.6 Å². The Morgan fingerprint density at radius 3 is 2.69 bits per heavy atom. The number of allylic oxidation sites excluding steroid dienone is 1. The maximum absolute atomic E-state index is 13.1. The Kier molecular flexibility index (Phi) is 6.39. The molecule has 0 unspecified atom stereocenters. The minimum atomic E-state index is -0.342. The smallest absolute Gasteiger partial charge is 0.266 e. The SMILES string of the molecule is C=CCc1cc(/C=C2/SC(=Nc3ccc(F)cc3)N(C)C2=O)cc(OCC)c1O. The number of ether oxygens (including phenoxy) is 1. The lowest BCUT2D eigenvalue weighted by atomic mass is 10.1. The summed E-state index contributed by atoms with van der Waals surface area (Å²) in [5.41, 5.74) is 1.96. The van der Waals surface area contributed by atoms with Crippen molar-refractivity contribution < 1.29 is 19.0 Å². The number of halogens is 1. The van der Waals surface area contributed by atoms with E-state index in [-0.39, 0.29) is 17.5 Å². The number of benzene rings is 2. The van der Waals surface area contributed by atoms with Crippen molar-refractivity contribution in [3.63, 3.8) is 0 Å². The number of amides is 1. The van der Waals surface area contributed by atoms with Crippen LogP contribution >= 0.6 is 11.8 Å². The predicted octanol–water partition coefficient (Wildman–Crippen LogP) is 4.89. The van der Waals surface area contributed by atoms with E-state index in [1.165, 1.54) is 28.8 Å². The number of aromatic hydroxyl groups is 1. The minimum absolute atomic E-state index is 0.0787. The zero-order valence-electron chi connectivity index (χ0n) is 16.2. The van der Waals surface area contributed by atoms with Crippen LogP contribution in [0.25, 0.3) is 6.08 Å². The first-order valence-electron chi connectivity index (χ1n) is 9.04. The van der Waals surface area contributed by atoms with Crippen LogP contribution in [0, 0.1) is 5.82 Å². The van der Waals surface area contributed by atoms with Gasteiger partial charge in [-0.25, -0.2) is 9.38 Å². The number of aliphatic imine (C=N–C) groups is 1. The molecule has 0 aliphatic carbocycles. The van der Waals surface area contributed by atoms with E-state index in [4.69, 9.17) is 4.74 Å². The number of nitrogens with zero attached hydrogens (tertiary/aromatic N) is 2. The summed E-state index contributed by atoms with van der Waals surface area (Å²) in [6, 6.07) is 9.25. The van der Waals surface area contributed by atoms with Gasteiger partial charge in [0.1, 0.15) is 5.82 Å². The topological polar surface area (TPSA) is 62.1 Å². The van der Waals surface area contributed by atoms with E-state index in [1.807, 2.05) is 6.92 Å². The molecule has 5 nitrogen and oxygen atoms in total. The zero-order chi connectivity index (χ0) is 21.0. The summed E-state index contributed by atoms with van der Waals surface area (Å²) in [7, 11) is 1.64. The number of thioether (sulfide) groups is 1. The molecule has 1 saturated heterocycles. The van der Waals surface area contributed by atoms with Crippen molar-refractivity contribution in [2.24, 2.45) is 4.99 Å². The molecule has 0 aromatic heterocycles. The Bertz CT molecular complexity index is 1000. The highest BCUT2D eigenvalue weighted by atomic mass is 32.2. The van der Waals surface area contributed by atoms with Crippen LogP contribution in [0.5, 0.6) is 11.5 Å². The normalized spacial score (nSPS) is 16.7. The molecule has 2 aromatic rings. The Labute approximate surface area is 173 Å². The summed E-state index contributed by atoms with van der Waals surface area (Å²) in [4.78, 5) is 19.0. The lowest BCUT2D eigenvalue weighted by Crippen LogP contribution is -2.23. The fourth-order valence-electron chi connectivity index (χ4n) is 2.78. The standard InChI is InChI=1S/C22H21FN2O3S/c1-4-6-15-11-14(12-18(20(15)26)28-5-2)13-19-21(27)25(3)22(29-19)24-17-9-7-16(23)8-10-17/h4,7-13,26H,1,5-6H2,2-3H3/b19-13+,24-22?. The van der Waals surface area contributed by atoms with Crippen molar-refractivity contribution in [1.82, 2.24) is 4.90 Å². The van der Waals surface area contributed by atoms with Crippen LogP contribution in [0.3, 0.4) is 0 Å². The first kappa shape index (κ1) is 20.7. The fourth-order valence-corrected chi connectivity index (χ4v) is 3.77. The van der Waals surface area contributed by atoms with Gasteiger partial charge in [0.05, 0.1) is 17.2 Å². The Morgan fingerprint density at radius 1 is 1.31 bits per heavy atom. The zero-order valence-corrected chi connectivity index (χ0v) is 17.0. The highest BCUT2D eigenvalue weighted by Crippen LogP contribution is 2.36. The maximum atomic E-state index is 13.1. The monoisotopic (exact) mass is 412 g/mol. The Balaban J connectivity index is 1.94. The number of phenolic OH excluding ortho intramolecular Hbond substituents is 1. The average Bonchev–Trinajstić information content (AvgIpc) is 2.95. The molecule has 1 heterocycles. The number of phenols is 1. The van der Waals surface area contributed by atoms with Crippen LogP contribution in [0.2, 0.25) is 0 Å². The van der Waals surface area contributed by atoms with Gasteiger partial charge in [-0.15, -0.1) is 6.58 Å². The molecule has 1 fully saturated rings. The number of carbonyl (C=O) groups excluding carboxylic acids is 1. The van der Waals surface area contributed by atoms with Crippen LogP contribution in [-0.2, 0) is 11.2 Å². The fraction of sp³-hybridized carbons (Fsp3) is 0.182. The van der Waals surface area contributed by atoms with E-state index in [9.17, 15) is 14.3 Å². The van der Waals surface area contributed by atoms with Crippen molar-refractivity contribution in [2.45, 2.75) is 13.3 Å². The molecule has 0 radical (unpaired) electrons. The first-order valence-corrected chi connectivity index (χ1v) is 9.86. The molecule has 150 valence electrons. The number of hydrogen-bond acceptors (Lipinski definition) is 5. The number of carbonyl (C=O) groups is 1. The van der Waals surface area contributed by atoms with Crippen LogP contribution in [0.4, 0.5) is 10.1 Å². The van der Waals surface area contributed by atoms with Gasteiger partial charge >= 0.3 is 0 Å². The molecule has 0 saturated carbocycles. The van der Waals surface area contributed by atoms with E-state index in [0.717, 1.165) is 5.56 Å². The molecule has 0 spiro atoms. The van der Waals surface area contributed by atoms with Crippen LogP contribution in [-0.4, -0.2) is 34.7 Å². The molecule has 1 N–H and O–H groups in total. The van der Waals surface area contributed by atoms with Crippen molar-refractivity contribution in [3.05, 3.63) is 70.9 Å². The number of amidine groups is 1. The van der Waals surface area contributed by atoms with Gasteiger partial charge in [0.25, 0.3) is 5.91 Å². The second kappa shape index (κ2) is 8.96. The van der Waals surface area contributed by atoms with Gasteiger partial charge in [-0.3, -0.25) is 9.69 Å². The molecule has 2 aromatic carbocycles. The van der Waals surface area contributed by atoms with Crippen molar-refractivity contribution in [2.75, 3.05) is 13.7 Å². The van der Waals surface area contributed by atoms with Gasteiger partial charge in [0, 0.05) is 12.6 Å². The van der Waals surface area contributed by atoms with E-state index >= 15 is 0 Å². The van der Waals surface area contributed by atoms with Crippen LogP contribution in [0.15, 0.2) is 59.0 Å². The largest absolute Gasteiger partial charge is 0.504 e. The quantitative estimate of drug-likeness (QED) is 0.542. The van der Waals surface area contributed by atoms with E-state index < -0.39 is 0 Å². The number of rotatable bonds is 6. The first-order chi connectivity index (χ1) is 13.9. The lowest BCUT2D eigenvalue weighted by molar-refractivity contribution is -0.121. The summed E-state index contributed by atoms with van der Waals surface area (Å²) >= 11 is 1.23. The molecule has 29 heavy (non-hydrogen) atoms. The maximum Gasteiger partial charge on any atom is 0.266 e. The van der Waals surface area contributed by atoms with Gasteiger partial charge in [0.2, 0.25) is 0 Å². The highest BCUT2D eigenvalue weighted by Gasteiger charge is 2.30. The van der Waals surface area contributed by atoms with Crippen molar-refractivity contribution in [1.29, 1.82) is 0 Å². The Hall–Kier alpha value is -3.06. The van der Waals surface area contributed by atoms with E-state index in [1.54, 1.807) is 43.5 Å². The number of likely N-dealkylation sites (N-methyl/N-ethyl adjacent to an activating group) is 1.